The summed E-state index contributed by atoms with van der Waals surface area (Å²) in [4.78, 5) is 0. The van der Waals surface area contributed by atoms with Gasteiger partial charge in [0.2, 0.25) is 0 Å². The Bertz CT molecular complexity index is 279. The molecular weight excluding hydrogens is 187 g/mol. The van der Waals surface area contributed by atoms with E-state index in [0.717, 1.165) is 8.58 Å². The van der Waals surface area contributed by atoms with Crippen molar-refractivity contribution in [2.75, 3.05) is 6.66 Å². The molecule has 78 valence electrons. The summed E-state index contributed by atoms with van der Waals surface area (Å²) >= 11 is 0. The van der Waals surface area contributed by atoms with Gasteiger partial charge < -0.3 is 0 Å². The van der Waals surface area contributed by atoms with Gasteiger partial charge in [0.1, 0.15) is 0 Å². The number of aryl methyl sites for hydroxylation is 1. The van der Waals surface area contributed by atoms with Gasteiger partial charge in [0.15, 0.2) is 0 Å². The third kappa shape index (κ3) is 2.82. The van der Waals surface area contributed by atoms with Crippen LogP contribution in [0.15, 0.2) is 18.2 Å². The number of hydrogen-bond donors (Lipinski definition) is 0. The smallest absolute Gasteiger partial charge is 0.0240 e. The van der Waals surface area contributed by atoms with E-state index in [1.54, 1.807) is 16.4 Å². The summed E-state index contributed by atoms with van der Waals surface area (Å²) in [6.07, 6.45) is 5.02. The van der Waals surface area contributed by atoms with Gasteiger partial charge in [0, 0.05) is 0 Å². The monoisotopic (exact) mass is 208 g/mol. The van der Waals surface area contributed by atoms with Crippen LogP contribution in [0.3, 0.4) is 0 Å². The molecule has 1 atom stereocenters. The summed E-state index contributed by atoms with van der Waals surface area (Å²) in [5.41, 5.74) is 3.22. The van der Waals surface area contributed by atoms with Crippen molar-refractivity contribution in [1.82, 2.24) is 0 Å². The van der Waals surface area contributed by atoms with E-state index >= 15 is 0 Å². The summed E-state index contributed by atoms with van der Waals surface area (Å²) in [6, 6.07) is 6.82. The van der Waals surface area contributed by atoms with Crippen molar-refractivity contribution in [3.8, 4) is 0 Å². The summed E-state index contributed by atoms with van der Waals surface area (Å²) < 4.78 is 0. The lowest BCUT2D eigenvalue weighted by molar-refractivity contribution is 0.866. The molecule has 1 unspecified atom stereocenters. The van der Waals surface area contributed by atoms with Crippen LogP contribution < -0.4 is 5.30 Å². The first-order chi connectivity index (χ1) is 6.83. The Kier molecular flexibility index (Phi) is 5.19. The minimum absolute atomic E-state index is 0.940. The van der Waals surface area contributed by atoms with Crippen LogP contribution in [0.5, 0.6) is 0 Å². The van der Waals surface area contributed by atoms with Gasteiger partial charge >= 0.3 is 0 Å². The van der Waals surface area contributed by atoms with Crippen LogP contribution in [-0.4, -0.2) is 6.66 Å². The van der Waals surface area contributed by atoms with E-state index in [9.17, 15) is 0 Å². The Morgan fingerprint density at radius 2 is 1.79 bits per heavy atom. The van der Waals surface area contributed by atoms with E-state index in [-0.39, 0.29) is 0 Å². The molecule has 0 N–H and O–H groups in total. The van der Waals surface area contributed by atoms with Gasteiger partial charge in [-0.15, -0.1) is 0 Å². The van der Waals surface area contributed by atoms with E-state index in [1.807, 2.05) is 0 Å². The molecule has 0 aliphatic heterocycles. The van der Waals surface area contributed by atoms with Crippen molar-refractivity contribution >= 4 is 13.9 Å². The quantitative estimate of drug-likeness (QED) is 0.649. The Hall–Kier alpha value is -0.350. The number of rotatable bonds is 5. The van der Waals surface area contributed by atoms with Crippen LogP contribution in [0.1, 0.15) is 37.8 Å². The zero-order chi connectivity index (χ0) is 10.4. The minimum Gasteiger partial charge on any atom is -0.0933 e. The molecule has 14 heavy (non-hydrogen) atoms. The lowest BCUT2D eigenvalue weighted by Crippen LogP contribution is -2.07. The lowest BCUT2D eigenvalue weighted by atomic mass is 10.00. The highest BCUT2D eigenvalue weighted by Crippen LogP contribution is 2.17. The van der Waals surface area contributed by atoms with Crippen LogP contribution in [0.4, 0.5) is 0 Å². The zero-order valence-corrected chi connectivity index (χ0v) is 10.6. The summed E-state index contributed by atoms with van der Waals surface area (Å²) in [7, 11) is 0.940. The molecule has 0 saturated carbocycles. The first-order valence-electron chi connectivity index (χ1n) is 5.62. The van der Waals surface area contributed by atoms with Gasteiger partial charge in [0.25, 0.3) is 0 Å². The molecule has 1 aromatic rings. The molecule has 0 aromatic heterocycles. The minimum atomic E-state index is 0.940. The fourth-order valence-electron chi connectivity index (χ4n) is 1.92. The SMILES string of the molecule is CCCc1cccc(PC)c1CCC. The van der Waals surface area contributed by atoms with Crippen LogP contribution in [0, 0.1) is 0 Å². The van der Waals surface area contributed by atoms with E-state index in [0.29, 0.717) is 0 Å². The summed E-state index contributed by atoms with van der Waals surface area (Å²) in [6.45, 7) is 6.81. The van der Waals surface area contributed by atoms with Crippen molar-refractivity contribution in [2.45, 2.75) is 39.5 Å². The fourth-order valence-corrected chi connectivity index (χ4v) is 2.77. The fraction of sp³-hybridized carbons (Fsp3) is 0.538. The number of benzene rings is 1. The first-order valence-corrected chi connectivity index (χ1v) is 7.12. The molecule has 0 bridgehead atoms. The molecule has 0 heterocycles. The molecular formula is C13H21P. The molecule has 0 amide bonds. The summed E-state index contributed by atoms with van der Waals surface area (Å²) in [5.74, 6) is 0. The van der Waals surface area contributed by atoms with E-state index in [1.165, 1.54) is 25.7 Å². The van der Waals surface area contributed by atoms with Crippen molar-refractivity contribution in [3.63, 3.8) is 0 Å². The molecule has 0 aliphatic rings. The Balaban J connectivity index is 3.00. The second kappa shape index (κ2) is 6.19. The van der Waals surface area contributed by atoms with E-state index in [4.69, 9.17) is 0 Å². The molecule has 1 aromatic carbocycles. The molecule has 0 aliphatic carbocycles. The maximum Gasteiger partial charge on any atom is -0.0240 e. The molecule has 1 rings (SSSR count). The van der Waals surface area contributed by atoms with Gasteiger partial charge in [0.05, 0.1) is 0 Å². The Labute approximate surface area is 89.9 Å². The van der Waals surface area contributed by atoms with Crippen molar-refractivity contribution < 1.29 is 0 Å². The van der Waals surface area contributed by atoms with Gasteiger partial charge in [-0.25, -0.2) is 0 Å². The highest BCUT2D eigenvalue weighted by Gasteiger charge is 2.05. The van der Waals surface area contributed by atoms with Crippen molar-refractivity contribution in [1.29, 1.82) is 0 Å². The number of hydrogen-bond acceptors (Lipinski definition) is 0. The van der Waals surface area contributed by atoms with Gasteiger partial charge in [-0.2, -0.15) is 0 Å². The molecule has 0 nitrogen and oxygen atoms in total. The largest absolute Gasteiger partial charge is 0.0933 e. The van der Waals surface area contributed by atoms with E-state index in [2.05, 4.69) is 38.7 Å². The van der Waals surface area contributed by atoms with E-state index < -0.39 is 0 Å². The zero-order valence-electron chi connectivity index (χ0n) is 9.56. The van der Waals surface area contributed by atoms with Crippen LogP contribution >= 0.6 is 8.58 Å². The molecule has 0 radical (unpaired) electrons. The molecule has 1 heteroatoms. The van der Waals surface area contributed by atoms with Crippen LogP contribution in [-0.2, 0) is 12.8 Å². The maximum atomic E-state index is 2.30. The Morgan fingerprint density at radius 3 is 2.36 bits per heavy atom. The maximum absolute atomic E-state index is 2.30. The second-order valence-electron chi connectivity index (χ2n) is 3.69. The van der Waals surface area contributed by atoms with Gasteiger partial charge in [-0.05, 0) is 35.9 Å². The predicted octanol–water partition coefficient (Wildman–Crippen LogP) is 3.53. The van der Waals surface area contributed by atoms with Crippen molar-refractivity contribution in [3.05, 3.63) is 29.3 Å². The Morgan fingerprint density at radius 1 is 1.07 bits per heavy atom. The summed E-state index contributed by atoms with van der Waals surface area (Å²) in [5, 5.41) is 1.58. The van der Waals surface area contributed by atoms with Gasteiger partial charge in [-0.1, -0.05) is 53.5 Å². The molecule has 0 fully saturated rings. The van der Waals surface area contributed by atoms with Gasteiger partial charge in [-0.3, -0.25) is 0 Å². The molecule has 0 saturated heterocycles. The van der Waals surface area contributed by atoms with Crippen LogP contribution in [0.2, 0.25) is 0 Å². The van der Waals surface area contributed by atoms with Crippen LogP contribution in [0.25, 0.3) is 0 Å². The average molecular weight is 208 g/mol. The first kappa shape index (κ1) is 11.7. The third-order valence-corrected chi connectivity index (χ3v) is 3.57. The topological polar surface area (TPSA) is 0 Å². The third-order valence-electron chi connectivity index (χ3n) is 2.56. The second-order valence-corrected chi connectivity index (χ2v) is 4.73. The molecule has 0 spiro atoms. The standard InChI is InChI=1S/C13H21P/c1-4-7-11-9-6-10-13(14-3)12(11)8-5-2/h6,9-10,14H,4-5,7-8H2,1-3H3. The lowest BCUT2D eigenvalue weighted by Gasteiger charge is -2.12. The highest BCUT2D eigenvalue weighted by molar-refractivity contribution is 7.46. The normalized spacial score (nSPS) is 11.4. The highest BCUT2D eigenvalue weighted by atomic mass is 31.1. The van der Waals surface area contributed by atoms with Crippen molar-refractivity contribution in [2.24, 2.45) is 0 Å². The average Bonchev–Trinajstić information content (AvgIpc) is 2.21. The predicted molar refractivity (Wildman–Crippen MR) is 68.3 cm³/mol.